The van der Waals surface area contributed by atoms with Gasteiger partial charge in [-0.15, -0.1) is 0 Å². The summed E-state index contributed by atoms with van der Waals surface area (Å²) in [6, 6.07) is 0.874. The van der Waals surface area contributed by atoms with E-state index in [1.807, 2.05) is 0 Å². The molecule has 0 aliphatic heterocycles. The van der Waals surface area contributed by atoms with E-state index in [-0.39, 0.29) is 22.7 Å². The van der Waals surface area contributed by atoms with Crippen molar-refractivity contribution < 1.29 is 13.6 Å². The summed E-state index contributed by atoms with van der Waals surface area (Å²) in [5.74, 6) is -2.75. The highest BCUT2D eigenvalue weighted by Gasteiger charge is 2.15. The number of nitrogen functional groups attached to an aromatic ring is 1. The number of anilines is 2. The molecule has 0 unspecified atom stereocenters. The first-order chi connectivity index (χ1) is 9.76. The predicted molar refractivity (Wildman–Crippen MR) is 78.5 cm³/mol. The lowest BCUT2D eigenvalue weighted by Gasteiger charge is -2.11. The zero-order chi connectivity index (χ0) is 16.2. The summed E-state index contributed by atoms with van der Waals surface area (Å²) < 4.78 is 26.9. The first-order valence-electron chi connectivity index (χ1n) is 5.98. The number of hydrogen-bond acceptors (Lipinski definition) is 4. The van der Waals surface area contributed by atoms with Gasteiger partial charge in [0.05, 0.1) is 5.56 Å². The molecule has 0 spiro atoms. The second-order valence-electron chi connectivity index (χ2n) is 4.26. The van der Waals surface area contributed by atoms with Crippen molar-refractivity contribution in [3.8, 4) is 0 Å². The molecule has 0 aromatic carbocycles. The monoisotopic (exact) mass is 294 g/mol. The van der Waals surface area contributed by atoms with Gasteiger partial charge in [0.15, 0.2) is 11.6 Å². The second kappa shape index (κ2) is 6.65. The predicted octanol–water partition coefficient (Wildman–Crippen LogP) is 2.65. The molecule has 0 radical (unpaired) electrons. The van der Waals surface area contributed by atoms with Crippen LogP contribution in [0.5, 0.6) is 0 Å². The molecule has 0 aliphatic carbocycles. The van der Waals surface area contributed by atoms with Crippen molar-refractivity contribution in [1.82, 2.24) is 4.98 Å². The zero-order valence-corrected chi connectivity index (χ0v) is 11.7. The topological polar surface area (TPSA) is 94.0 Å². The molecule has 0 saturated heterocycles. The van der Waals surface area contributed by atoms with E-state index in [1.54, 1.807) is 6.92 Å². The van der Waals surface area contributed by atoms with Crippen LogP contribution >= 0.6 is 0 Å². The van der Waals surface area contributed by atoms with Gasteiger partial charge in [-0.2, -0.15) is 0 Å². The summed E-state index contributed by atoms with van der Waals surface area (Å²) >= 11 is 0. The van der Waals surface area contributed by atoms with Crippen molar-refractivity contribution in [3.63, 3.8) is 0 Å². The van der Waals surface area contributed by atoms with Crippen molar-refractivity contribution in [2.45, 2.75) is 13.8 Å². The number of carbonyl (C=O) groups is 1. The van der Waals surface area contributed by atoms with Crippen LogP contribution in [-0.2, 0) is 0 Å². The number of allylic oxidation sites excluding steroid dienone is 4. The molecule has 0 atom stereocenters. The third-order valence-corrected chi connectivity index (χ3v) is 2.53. The lowest BCUT2D eigenvalue weighted by molar-refractivity contribution is 0.100. The molecule has 0 aliphatic rings. The van der Waals surface area contributed by atoms with Gasteiger partial charge < -0.3 is 16.8 Å². The van der Waals surface area contributed by atoms with Crippen molar-refractivity contribution in [1.29, 1.82) is 0 Å². The lowest BCUT2D eigenvalue weighted by Crippen LogP contribution is -2.17. The average molecular weight is 294 g/mol. The van der Waals surface area contributed by atoms with Crippen molar-refractivity contribution >= 4 is 17.5 Å². The molecule has 0 bridgehead atoms. The maximum Gasteiger partial charge on any atom is 0.252 e. The van der Waals surface area contributed by atoms with Crippen molar-refractivity contribution in [3.05, 3.63) is 53.3 Å². The third kappa shape index (κ3) is 4.13. The molecule has 1 aromatic heterocycles. The third-order valence-electron chi connectivity index (χ3n) is 2.53. The van der Waals surface area contributed by atoms with Gasteiger partial charge in [0, 0.05) is 5.70 Å². The highest BCUT2D eigenvalue weighted by Crippen LogP contribution is 2.21. The maximum atomic E-state index is 13.6. The molecule has 21 heavy (non-hydrogen) atoms. The number of halogens is 2. The number of pyridine rings is 1. The number of nitrogens with zero attached hydrogens (tertiary/aromatic N) is 1. The van der Waals surface area contributed by atoms with E-state index in [4.69, 9.17) is 11.5 Å². The van der Waals surface area contributed by atoms with Crippen LogP contribution in [-0.4, -0.2) is 10.9 Å². The highest BCUT2D eigenvalue weighted by molar-refractivity contribution is 5.98. The van der Waals surface area contributed by atoms with E-state index in [2.05, 4.69) is 16.9 Å². The summed E-state index contributed by atoms with van der Waals surface area (Å²) in [4.78, 5) is 15.0. The summed E-state index contributed by atoms with van der Waals surface area (Å²) in [7, 11) is 0. The van der Waals surface area contributed by atoms with Crippen molar-refractivity contribution in [2.75, 3.05) is 11.1 Å². The normalized spacial score (nSPS) is 12.2. The number of nitrogens with one attached hydrogen (secondary N) is 1. The Kier molecular flexibility index (Phi) is 5.18. The van der Waals surface area contributed by atoms with Gasteiger partial charge in [-0.25, -0.2) is 13.8 Å². The number of carbonyl (C=O) groups excluding carboxylic acids is 1. The van der Waals surface area contributed by atoms with E-state index < -0.39 is 23.4 Å². The van der Waals surface area contributed by atoms with E-state index in [1.165, 1.54) is 13.0 Å². The minimum atomic E-state index is -0.885. The van der Waals surface area contributed by atoms with Gasteiger partial charge in [-0.3, -0.25) is 4.79 Å². The Morgan fingerprint density at radius 2 is 2.14 bits per heavy atom. The Bertz CT molecular complexity index is 651. The van der Waals surface area contributed by atoms with E-state index in [0.717, 1.165) is 12.1 Å². The fraction of sp³-hybridized carbons (Fsp3) is 0.143. The molecule has 0 fully saturated rings. The van der Waals surface area contributed by atoms with Gasteiger partial charge in [-0.05, 0) is 31.6 Å². The number of amides is 1. The fourth-order valence-electron chi connectivity index (χ4n) is 1.37. The molecular weight excluding hydrogens is 278 g/mol. The van der Waals surface area contributed by atoms with Gasteiger partial charge >= 0.3 is 0 Å². The van der Waals surface area contributed by atoms with Crippen LogP contribution in [0.15, 0.2) is 41.9 Å². The van der Waals surface area contributed by atoms with E-state index in [0.29, 0.717) is 0 Å². The Labute approximate surface area is 121 Å². The quantitative estimate of drug-likeness (QED) is 0.728. The molecule has 7 heteroatoms. The Morgan fingerprint density at radius 3 is 2.62 bits per heavy atom. The molecule has 0 saturated carbocycles. The first-order valence-corrected chi connectivity index (χ1v) is 5.98. The summed E-state index contributed by atoms with van der Waals surface area (Å²) in [5.41, 5.74) is 10.8. The SMILES string of the molecule is C=C(C)/C(F)=C\C(=C/C)Nc1nc(N)c(F)cc1C(N)=O. The molecule has 1 aromatic rings. The Morgan fingerprint density at radius 1 is 1.52 bits per heavy atom. The number of nitrogens with two attached hydrogens (primary N) is 2. The molecular formula is C14H16F2N4O. The van der Waals surface area contributed by atoms with E-state index in [9.17, 15) is 13.6 Å². The second-order valence-corrected chi connectivity index (χ2v) is 4.26. The molecule has 5 nitrogen and oxygen atoms in total. The maximum absolute atomic E-state index is 13.6. The van der Waals surface area contributed by atoms with Gasteiger partial charge in [0.1, 0.15) is 11.6 Å². The van der Waals surface area contributed by atoms with Crippen LogP contribution in [0.2, 0.25) is 0 Å². The van der Waals surface area contributed by atoms with Crippen LogP contribution in [0, 0.1) is 5.82 Å². The molecule has 1 rings (SSSR count). The van der Waals surface area contributed by atoms with Crippen LogP contribution in [0.25, 0.3) is 0 Å². The Balaban J connectivity index is 3.23. The summed E-state index contributed by atoms with van der Waals surface area (Å²) in [6.45, 7) is 6.61. The number of rotatable bonds is 5. The lowest BCUT2D eigenvalue weighted by atomic mass is 10.2. The number of hydrogen-bond donors (Lipinski definition) is 3. The standard InChI is InChI=1S/C14H16F2N4O/c1-4-8(5-10(15)7(2)3)19-14-9(13(18)21)6-11(16)12(17)20-14/h4-6H,2H2,1,3H3,(H2,18,21)(H3,17,19,20)/b8-4+,10-5+. The van der Waals surface area contributed by atoms with Crippen LogP contribution in [0.4, 0.5) is 20.4 Å². The van der Waals surface area contributed by atoms with Gasteiger partial charge in [0.2, 0.25) is 0 Å². The highest BCUT2D eigenvalue weighted by atomic mass is 19.1. The number of aromatic nitrogens is 1. The largest absolute Gasteiger partial charge is 0.381 e. The number of primary amides is 1. The minimum absolute atomic E-state index is 0.0553. The summed E-state index contributed by atoms with van der Waals surface area (Å²) in [6.07, 6.45) is 2.70. The fourth-order valence-corrected chi connectivity index (χ4v) is 1.37. The van der Waals surface area contributed by atoms with Crippen LogP contribution < -0.4 is 16.8 Å². The first kappa shape index (κ1) is 16.4. The van der Waals surface area contributed by atoms with Gasteiger partial charge in [0.25, 0.3) is 5.91 Å². The van der Waals surface area contributed by atoms with Crippen LogP contribution in [0.3, 0.4) is 0 Å². The van der Waals surface area contributed by atoms with Crippen molar-refractivity contribution in [2.24, 2.45) is 5.73 Å². The van der Waals surface area contributed by atoms with Gasteiger partial charge in [-0.1, -0.05) is 12.7 Å². The molecule has 5 N–H and O–H groups in total. The average Bonchev–Trinajstić information content (AvgIpc) is 2.40. The molecule has 1 heterocycles. The Hall–Kier alpha value is -2.70. The smallest absolute Gasteiger partial charge is 0.252 e. The zero-order valence-electron chi connectivity index (χ0n) is 11.7. The summed E-state index contributed by atoms with van der Waals surface area (Å²) in [5, 5.41) is 2.68. The molecule has 1 amide bonds. The molecule has 112 valence electrons. The van der Waals surface area contributed by atoms with Crippen LogP contribution in [0.1, 0.15) is 24.2 Å². The minimum Gasteiger partial charge on any atom is -0.381 e. The van der Waals surface area contributed by atoms with E-state index >= 15 is 0 Å².